The van der Waals surface area contributed by atoms with Crippen LogP contribution in [0, 0.1) is 6.92 Å². The van der Waals surface area contributed by atoms with Crippen LogP contribution < -0.4 is 15.1 Å². The summed E-state index contributed by atoms with van der Waals surface area (Å²) in [5.74, 6) is 1.12. The molecule has 0 bridgehead atoms. The largest absolute Gasteiger partial charge is 0.370 e. The normalized spacial score (nSPS) is 14.7. The van der Waals surface area contributed by atoms with Gasteiger partial charge in [0, 0.05) is 57.7 Å². The van der Waals surface area contributed by atoms with Crippen LogP contribution in [-0.2, 0) is 4.79 Å². The Labute approximate surface area is 168 Å². The first kappa shape index (κ1) is 20.1. The van der Waals surface area contributed by atoms with E-state index >= 15 is 0 Å². The highest BCUT2D eigenvalue weighted by Gasteiger charge is 2.19. The SMILES string of the molecule is CCN(CCNC(=O)CN1CCN(c2ccccn2)CC1)c1cccc(C)c1. The van der Waals surface area contributed by atoms with Gasteiger partial charge in [0.1, 0.15) is 5.82 Å². The molecule has 1 fully saturated rings. The number of hydrogen-bond acceptors (Lipinski definition) is 5. The first-order valence-corrected chi connectivity index (χ1v) is 10.1. The van der Waals surface area contributed by atoms with Crippen molar-refractivity contribution in [2.24, 2.45) is 0 Å². The van der Waals surface area contributed by atoms with Crippen LogP contribution in [0.4, 0.5) is 11.5 Å². The predicted octanol–water partition coefficient (Wildman–Crippen LogP) is 2.15. The van der Waals surface area contributed by atoms with Crippen LogP contribution in [-0.4, -0.2) is 68.1 Å². The van der Waals surface area contributed by atoms with Gasteiger partial charge in [0.2, 0.25) is 5.91 Å². The van der Waals surface area contributed by atoms with E-state index in [1.165, 1.54) is 11.3 Å². The van der Waals surface area contributed by atoms with Crippen molar-refractivity contribution in [1.29, 1.82) is 0 Å². The van der Waals surface area contributed by atoms with E-state index in [9.17, 15) is 4.79 Å². The average Bonchev–Trinajstić information content (AvgIpc) is 2.72. The molecule has 1 aromatic carbocycles. The second kappa shape index (κ2) is 10.1. The maximum absolute atomic E-state index is 12.3. The van der Waals surface area contributed by atoms with Crippen LogP contribution in [0.3, 0.4) is 0 Å². The molecular formula is C22H31N5O. The minimum atomic E-state index is 0.103. The third-order valence-electron chi connectivity index (χ3n) is 5.17. The van der Waals surface area contributed by atoms with Crippen molar-refractivity contribution < 1.29 is 4.79 Å². The number of benzene rings is 1. The highest BCUT2D eigenvalue weighted by molar-refractivity contribution is 5.78. The number of aromatic nitrogens is 1. The molecule has 1 amide bonds. The van der Waals surface area contributed by atoms with Crippen molar-refractivity contribution in [2.45, 2.75) is 13.8 Å². The van der Waals surface area contributed by atoms with E-state index < -0.39 is 0 Å². The molecule has 1 aliphatic rings. The number of piperazine rings is 1. The number of aryl methyl sites for hydroxylation is 1. The third-order valence-corrected chi connectivity index (χ3v) is 5.17. The van der Waals surface area contributed by atoms with Crippen LogP contribution in [0.15, 0.2) is 48.7 Å². The van der Waals surface area contributed by atoms with Crippen LogP contribution >= 0.6 is 0 Å². The molecule has 0 aliphatic carbocycles. The van der Waals surface area contributed by atoms with Crippen LogP contribution in [0.1, 0.15) is 12.5 Å². The lowest BCUT2D eigenvalue weighted by molar-refractivity contribution is -0.122. The first-order chi connectivity index (χ1) is 13.7. The van der Waals surface area contributed by atoms with Gasteiger partial charge >= 0.3 is 0 Å². The maximum Gasteiger partial charge on any atom is 0.234 e. The number of hydrogen-bond donors (Lipinski definition) is 1. The molecule has 3 rings (SSSR count). The van der Waals surface area contributed by atoms with E-state index in [1.54, 1.807) is 0 Å². The minimum Gasteiger partial charge on any atom is -0.370 e. The van der Waals surface area contributed by atoms with Gasteiger partial charge in [0.05, 0.1) is 6.54 Å². The zero-order chi connectivity index (χ0) is 19.8. The van der Waals surface area contributed by atoms with Crippen LogP contribution in [0.25, 0.3) is 0 Å². The van der Waals surface area contributed by atoms with Crippen molar-refractivity contribution in [1.82, 2.24) is 15.2 Å². The van der Waals surface area contributed by atoms with Gasteiger partial charge in [0.15, 0.2) is 0 Å². The summed E-state index contributed by atoms with van der Waals surface area (Å²) in [4.78, 5) is 23.5. The number of pyridine rings is 1. The lowest BCUT2D eigenvalue weighted by Crippen LogP contribution is -2.50. The lowest BCUT2D eigenvalue weighted by atomic mass is 10.2. The van der Waals surface area contributed by atoms with E-state index in [0.717, 1.165) is 45.1 Å². The van der Waals surface area contributed by atoms with Crippen LogP contribution in [0.5, 0.6) is 0 Å². The topological polar surface area (TPSA) is 51.7 Å². The Hall–Kier alpha value is -2.60. The Kier molecular flexibility index (Phi) is 7.25. The molecule has 2 heterocycles. The van der Waals surface area contributed by atoms with Gasteiger partial charge in [-0.15, -0.1) is 0 Å². The molecule has 0 atom stereocenters. The number of carbonyl (C=O) groups excluding carboxylic acids is 1. The Morgan fingerprint density at radius 2 is 1.96 bits per heavy atom. The number of rotatable bonds is 8. The van der Waals surface area contributed by atoms with E-state index in [4.69, 9.17) is 0 Å². The summed E-state index contributed by atoms with van der Waals surface area (Å²) in [6.45, 7) is 10.7. The molecule has 28 heavy (non-hydrogen) atoms. The maximum atomic E-state index is 12.3. The summed E-state index contributed by atoms with van der Waals surface area (Å²) in [5, 5.41) is 3.07. The molecule has 0 unspecified atom stereocenters. The molecule has 2 aromatic rings. The number of amides is 1. The van der Waals surface area contributed by atoms with Crippen molar-refractivity contribution in [3.05, 3.63) is 54.2 Å². The van der Waals surface area contributed by atoms with Crippen molar-refractivity contribution >= 4 is 17.4 Å². The highest BCUT2D eigenvalue weighted by Crippen LogP contribution is 2.15. The minimum absolute atomic E-state index is 0.103. The molecule has 1 aliphatic heterocycles. The van der Waals surface area contributed by atoms with Gasteiger partial charge in [-0.3, -0.25) is 9.69 Å². The summed E-state index contributed by atoms with van der Waals surface area (Å²) in [7, 11) is 0. The second-order valence-electron chi connectivity index (χ2n) is 7.22. The summed E-state index contributed by atoms with van der Waals surface area (Å²) in [6, 6.07) is 14.5. The van der Waals surface area contributed by atoms with Gasteiger partial charge in [-0.25, -0.2) is 4.98 Å². The molecule has 6 heteroatoms. The standard InChI is InChI=1S/C22H31N5O/c1-3-26(20-8-6-7-19(2)17-20)12-11-24-22(28)18-25-13-15-27(16-14-25)21-9-4-5-10-23-21/h4-10,17H,3,11-16,18H2,1-2H3,(H,24,28). The Bertz CT molecular complexity index is 744. The second-order valence-corrected chi connectivity index (χ2v) is 7.22. The van der Waals surface area contributed by atoms with Gasteiger partial charge < -0.3 is 15.1 Å². The number of nitrogens with one attached hydrogen (secondary N) is 1. The monoisotopic (exact) mass is 381 g/mol. The third kappa shape index (κ3) is 5.70. The molecule has 150 valence electrons. The van der Waals surface area contributed by atoms with E-state index in [2.05, 4.69) is 63.1 Å². The smallest absolute Gasteiger partial charge is 0.234 e. The highest BCUT2D eigenvalue weighted by atomic mass is 16.2. The van der Waals surface area contributed by atoms with E-state index in [1.807, 2.05) is 24.4 Å². The predicted molar refractivity (Wildman–Crippen MR) is 115 cm³/mol. The average molecular weight is 382 g/mol. The number of likely N-dealkylation sites (N-methyl/N-ethyl adjacent to an activating group) is 1. The molecule has 0 radical (unpaired) electrons. The van der Waals surface area contributed by atoms with E-state index in [-0.39, 0.29) is 5.91 Å². The van der Waals surface area contributed by atoms with Gasteiger partial charge in [-0.1, -0.05) is 18.2 Å². The Morgan fingerprint density at radius 1 is 1.14 bits per heavy atom. The Balaban J connectivity index is 1.38. The summed E-state index contributed by atoms with van der Waals surface area (Å²) >= 11 is 0. The molecule has 1 saturated heterocycles. The van der Waals surface area contributed by atoms with Crippen molar-refractivity contribution in [2.75, 3.05) is 62.2 Å². The molecular weight excluding hydrogens is 350 g/mol. The molecule has 0 spiro atoms. The lowest BCUT2D eigenvalue weighted by Gasteiger charge is -2.35. The molecule has 0 saturated carbocycles. The fourth-order valence-corrected chi connectivity index (χ4v) is 3.56. The quantitative estimate of drug-likeness (QED) is 0.759. The number of nitrogens with zero attached hydrogens (tertiary/aromatic N) is 4. The van der Waals surface area contributed by atoms with Gasteiger partial charge in [0.25, 0.3) is 0 Å². The summed E-state index contributed by atoms with van der Waals surface area (Å²) in [6.07, 6.45) is 1.82. The Morgan fingerprint density at radius 3 is 2.64 bits per heavy atom. The summed E-state index contributed by atoms with van der Waals surface area (Å²) in [5.41, 5.74) is 2.47. The summed E-state index contributed by atoms with van der Waals surface area (Å²) < 4.78 is 0. The van der Waals surface area contributed by atoms with Crippen molar-refractivity contribution in [3.63, 3.8) is 0 Å². The zero-order valence-electron chi connectivity index (χ0n) is 17.0. The fraction of sp³-hybridized carbons (Fsp3) is 0.455. The molecule has 1 aromatic heterocycles. The molecule has 6 nitrogen and oxygen atoms in total. The zero-order valence-corrected chi connectivity index (χ0v) is 17.0. The van der Waals surface area contributed by atoms with Gasteiger partial charge in [-0.05, 0) is 43.7 Å². The van der Waals surface area contributed by atoms with Crippen molar-refractivity contribution in [3.8, 4) is 0 Å². The van der Waals surface area contributed by atoms with E-state index in [0.29, 0.717) is 13.1 Å². The van der Waals surface area contributed by atoms with Crippen LogP contribution in [0.2, 0.25) is 0 Å². The van der Waals surface area contributed by atoms with Gasteiger partial charge in [-0.2, -0.15) is 0 Å². The number of carbonyl (C=O) groups is 1. The number of anilines is 2. The fourth-order valence-electron chi connectivity index (χ4n) is 3.56. The molecule has 1 N–H and O–H groups in total. The first-order valence-electron chi connectivity index (χ1n) is 10.1.